The minimum absolute atomic E-state index is 0.00190. The SMILES string of the molecule is COc1cc2c(c(O)c1[C@H](O)CO)C(=O)CC[C@H]2O. The molecule has 0 aromatic heterocycles. The van der Waals surface area contributed by atoms with Gasteiger partial charge in [0.05, 0.1) is 30.9 Å². The molecule has 1 aromatic rings. The van der Waals surface area contributed by atoms with Crippen LogP contribution >= 0.6 is 0 Å². The van der Waals surface area contributed by atoms with Crippen molar-refractivity contribution in [2.45, 2.75) is 25.0 Å². The molecule has 2 atom stereocenters. The van der Waals surface area contributed by atoms with Crippen LogP contribution in [0.2, 0.25) is 0 Å². The molecule has 1 aromatic carbocycles. The van der Waals surface area contributed by atoms with Gasteiger partial charge in [-0.2, -0.15) is 0 Å². The number of aliphatic hydroxyl groups excluding tert-OH is 3. The first-order chi connectivity index (χ1) is 9.01. The van der Waals surface area contributed by atoms with E-state index in [0.29, 0.717) is 5.56 Å². The van der Waals surface area contributed by atoms with Gasteiger partial charge in [-0.15, -0.1) is 0 Å². The fourth-order valence-electron chi connectivity index (χ4n) is 2.37. The van der Waals surface area contributed by atoms with E-state index in [4.69, 9.17) is 9.84 Å². The van der Waals surface area contributed by atoms with Crippen molar-refractivity contribution in [3.63, 3.8) is 0 Å². The van der Waals surface area contributed by atoms with E-state index < -0.39 is 24.6 Å². The molecule has 0 saturated heterocycles. The largest absolute Gasteiger partial charge is 0.507 e. The zero-order valence-corrected chi connectivity index (χ0v) is 10.5. The second-order valence-electron chi connectivity index (χ2n) is 4.48. The van der Waals surface area contributed by atoms with Crippen LogP contribution < -0.4 is 4.74 Å². The van der Waals surface area contributed by atoms with E-state index >= 15 is 0 Å². The van der Waals surface area contributed by atoms with Crippen molar-refractivity contribution < 1.29 is 30.0 Å². The first-order valence-electron chi connectivity index (χ1n) is 5.95. The van der Waals surface area contributed by atoms with Gasteiger partial charge in [-0.1, -0.05) is 0 Å². The van der Waals surface area contributed by atoms with Crippen molar-refractivity contribution in [1.29, 1.82) is 0 Å². The van der Waals surface area contributed by atoms with Gasteiger partial charge in [-0.25, -0.2) is 0 Å². The summed E-state index contributed by atoms with van der Waals surface area (Å²) in [4.78, 5) is 11.9. The molecule has 0 fully saturated rings. The number of methoxy groups -OCH3 is 1. The highest BCUT2D eigenvalue weighted by molar-refractivity contribution is 6.02. The fraction of sp³-hybridized carbons (Fsp3) is 0.462. The van der Waals surface area contributed by atoms with E-state index in [-0.39, 0.29) is 35.5 Å². The summed E-state index contributed by atoms with van der Waals surface area (Å²) in [5.74, 6) is -0.599. The Morgan fingerprint density at radius 1 is 1.53 bits per heavy atom. The maximum absolute atomic E-state index is 11.9. The summed E-state index contributed by atoms with van der Waals surface area (Å²) in [7, 11) is 1.34. The first kappa shape index (κ1) is 13.8. The van der Waals surface area contributed by atoms with Crippen LogP contribution in [0, 0.1) is 0 Å². The van der Waals surface area contributed by atoms with Crippen molar-refractivity contribution in [3.8, 4) is 11.5 Å². The predicted octanol–water partition coefficient (Wildman–Crippen LogP) is 0.436. The second-order valence-corrected chi connectivity index (χ2v) is 4.48. The Bertz CT molecular complexity index is 510. The van der Waals surface area contributed by atoms with Crippen molar-refractivity contribution in [3.05, 3.63) is 22.8 Å². The van der Waals surface area contributed by atoms with E-state index in [1.165, 1.54) is 13.2 Å². The molecule has 0 spiro atoms. The third kappa shape index (κ3) is 2.18. The zero-order valence-electron chi connectivity index (χ0n) is 10.5. The number of hydrogen-bond acceptors (Lipinski definition) is 6. The van der Waals surface area contributed by atoms with Gasteiger partial charge >= 0.3 is 0 Å². The molecule has 0 amide bonds. The van der Waals surface area contributed by atoms with Crippen LogP contribution in [-0.4, -0.2) is 39.9 Å². The highest BCUT2D eigenvalue weighted by Crippen LogP contribution is 2.43. The quantitative estimate of drug-likeness (QED) is 0.633. The van der Waals surface area contributed by atoms with Crippen LogP contribution in [0.4, 0.5) is 0 Å². The maximum atomic E-state index is 11.9. The van der Waals surface area contributed by atoms with E-state index in [1.54, 1.807) is 0 Å². The summed E-state index contributed by atoms with van der Waals surface area (Å²) in [5.41, 5.74) is 0.257. The van der Waals surface area contributed by atoms with Gasteiger partial charge in [0.25, 0.3) is 0 Å². The third-order valence-corrected chi connectivity index (χ3v) is 3.34. The number of benzene rings is 1. The molecule has 4 N–H and O–H groups in total. The minimum Gasteiger partial charge on any atom is -0.507 e. The molecule has 0 heterocycles. The molecule has 0 bridgehead atoms. The fourth-order valence-corrected chi connectivity index (χ4v) is 2.37. The van der Waals surface area contributed by atoms with Crippen LogP contribution in [0.3, 0.4) is 0 Å². The molecule has 104 valence electrons. The average molecular weight is 268 g/mol. The van der Waals surface area contributed by atoms with Gasteiger partial charge in [0, 0.05) is 6.42 Å². The zero-order chi connectivity index (χ0) is 14.2. The van der Waals surface area contributed by atoms with Crippen molar-refractivity contribution in [1.82, 2.24) is 0 Å². The summed E-state index contributed by atoms with van der Waals surface area (Å²) in [6, 6.07) is 1.42. The summed E-state index contributed by atoms with van der Waals surface area (Å²) in [6.45, 7) is -0.612. The Balaban J connectivity index is 2.70. The molecule has 6 nitrogen and oxygen atoms in total. The average Bonchev–Trinajstić information content (AvgIpc) is 2.41. The minimum atomic E-state index is -1.35. The van der Waals surface area contributed by atoms with E-state index in [2.05, 4.69) is 0 Å². The number of hydrogen-bond donors (Lipinski definition) is 4. The van der Waals surface area contributed by atoms with Gasteiger partial charge in [0.1, 0.15) is 17.6 Å². The molecular weight excluding hydrogens is 252 g/mol. The molecule has 6 heteroatoms. The third-order valence-electron chi connectivity index (χ3n) is 3.34. The summed E-state index contributed by atoms with van der Waals surface area (Å²) in [6.07, 6.45) is -1.79. The Hall–Kier alpha value is -1.63. The van der Waals surface area contributed by atoms with Crippen LogP contribution in [0.25, 0.3) is 0 Å². The molecule has 0 saturated carbocycles. The number of aliphatic hydroxyl groups is 3. The monoisotopic (exact) mass is 268 g/mol. The Morgan fingerprint density at radius 2 is 2.21 bits per heavy atom. The highest BCUT2D eigenvalue weighted by Gasteiger charge is 2.32. The number of rotatable bonds is 3. The van der Waals surface area contributed by atoms with Crippen molar-refractivity contribution >= 4 is 5.78 Å². The molecule has 0 unspecified atom stereocenters. The Morgan fingerprint density at radius 3 is 2.79 bits per heavy atom. The lowest BCUT2D eigenvalue weighted by Gasteiger charge is -2.25. The van der Waals surface area contributed by atoms with Gasteiger partial charge in [0.15, 0.2) is 5.78 Å². The van der Waals surface area contributed by atoms with E-state index in [0.717, 1.165) is 0 Å². The number of carbonyl (C=O) groups excluding carboxylic acids is 1. The number of Topliss-reactive ketones (excluding diaryl/α,β-unsaturated/α-hetero) is 1. The topological polar surface area (TPSA) is 107 Å². The van der Waals surface area contributed by atoms with Crippen LogP contribution in [0.1, 0.15) is 46.5 Å². The summed E-state index contributed by atoms with van der Waals surface area (Å²) < 4.78 is 5.05. The molecule has 1 aliphatic rings. The lowest BCUT2D eigenvalue weighted by Crippen LogP contribution is -2.18. The lowest BCUT2D eigenvalue weighted by molar-refractivity contribution is 0.0860. The van der Waals surface area contributed by atoms with Crippen molar-refractivity contribution in [2.24, 2.45) is 0 Å². The normalized spacial score (nSPS) is 20.0. The van der Waals surface area contributed by atoms with Crippen LogP contribution in [0.5, 0.6) is 11.5 Å². The Kier molecular flexibility index (Phi) is 3.75. The predicted molar refractivity (Wildman–Crippen MR) is 65.2 cm³/mol. The molecule has 19 heavy (non-hydrogen) atoms. The van der Waals surface area contributed by atoms with Crippen LogP contribution in [0.15, 0.2) is 6.07 Å². The summed E-state index contributed by atoms with van der Waals surface area (Å²) >= 11 is 0. The number of ether oxygens (including phenoxy) is 1. The second kappa shape index (κ2) is 5.16. The number of phenols is 1. The molecule has 0 aliphatic heterocycles. The Labute approximate surface area is 109 Å². The van der Waals surface area contributed by atoms with Crippen molar-refractivity contribution in [2.75, 3.05) is 13.7 Å². The molecule has 2 rings (SSSR count). The first-order valence-corrected chi connectivity index (χ1v) is 5.95. The van der Waals surface area contributed by atoms with Gasteiger partial charge in [-0.3, -0.25) is 4.79 Å². The number of phenolic OH excluding ortho intramolecular Hbond substituents is 1. The molecule has 0 radical (unpaired) electrons. The smallest absolute Gasteiger partial charge is 0.167 e. The number of carbonyl (C=O) groups is 1. The summed E-state index contributed by atoms with van der Waals surface area (Å²) in [5, 5.41) is 38.7. The number of fused-ring (bicyclic) bond motifs is 1. The highest BCUT2D eigenvalue weighted by atomic mass is 16.5. The van der Waals surface area contributed by atoms with Gasteiger partial charge < -0.3 is 25.2 Å². The lowest BCUT2D eigenvalue weighted by atomic mass is 9.85. The van der Waals surface area contributed by atoms with Gasteiger partial charge in [-0.05, 0) is 18.1 Å². The number of aromatic hydroxyl groups is 1. The molecular formula is C13H16O6. The maximum Gasteiger partial charge on any atom is 0.167 e. The standard InChI is InChI=1S/C13H16O6/c1-19-10-4-6-7(15)2-3-8(16)11(6)13(18)12(10)9(17)5-14/h4,7,9,14-15,17-18H,2-3,5H2,1H3/t7-,9-/m1/s1. The molecule has 1 aliphatic carbocycles. The number of ketones is 1. The van der Waals surface area contributed by atoms with Crippen LogP contribution in [-0.2, 0) is 0 Å². The van der Waals surface area contributed by atoms with Gasteiger partial charge in [0.2, 0.25) is 0 Å². The van der Waals surface area contributed by atoms with E-state index in [1.807, 2.05) is 0 Å². The van der Waals surface area contributed by atoms with E-state index in [9.17, 15) is 20.1 Å².